The van der Waals surface area contributed by atoms with Crippen LogP contribution in [0.2, 0.25) is 0 Å². The minimum atomic E-state index is -1.00. The van der Waals surface area contributed by atoms with Crippen LogP contribution in [0.1, 0.15) is 38.5 Å². The fraction of sp³-hybridized carbons (Fsp3) is 0.526. The van der Waals surface area contributed by atoms with Gasteiger partial charge in [-0.3, -0.25) is 14.8 Å². The summed E-state index contributed by atoms with van der Waals surface area (Å²) in [7, 11) is 5.40. The van der Waals surface area contributed by atoms with Crippen molar-refractivity contribution in [3.05, 3.63) is 30.3 Å². The molecule has 0 fully saturated rings. The lowest BCUT2D eigenvalue weighted by molar-refractivity contribution is -0.864. The van der Waals surface area contributed by atoms with Crippen molar-refractivity contribution in [2.75, 3.05) is 33.0 Å². The molecule has 0 saturated carbocycles. The SMILES string of the molecule is C[N+](C)(C)CC(=O)[O-].O=C(CCCCCCC(=O)Nc1ccccc1)NO. The van der Waals surface area contributed by atoms with Crippen molar-refractivity contribution in [2.24, 2.45) is 0 Å². The third-order valence-corrected chi connectivity index (χ3v) is 3.34. The van der Waals surface area contributed by atoms with Crippen LogP contribution in [0.3, 0.4) is 0 Å². The second kappa shape index (κ2) is 13.7. The molecule has 0 saturated heterocycles. The molecule has 0 radical (unpaired) electrons. The minimum Gasteiger partial charge on any atom is -0.544 e. The number of unbranched alkanes of at least 4 members (excludes halogenated alkanes) is 3. The molecule has 1 aromatic rings. The number of carbonyl (C=O) groups is 3. The van der Waals surface area contributed by atoms with Crippen LogP contribution in [0, 0.1) is 0 Å². The summed E-state index contributed by atoms with van der Waals surface area (Å²) in [5, 5.41) is 21.0. The van der Waals surface area contributed by atoms with Crippen molar-refractivity contribution in [3.8, 4) is 0 Å². The molecule has 1 rings (SSSR count). The molecule has 8 heteroatoms. The minimum absolute atomic E-state index is 0.0132. The molecule has 0 aliphatic carbocycles. The van der Waals surface area contributed by atoms with E-state index in [9.17, 15) is 19.5 Å². The first kappa shape index (κ1) is 24.6. The van der Waals surface area contributed by atoms with Crippen molar-refractivity contribution in [2.45, 2.75) is 38.5 Å². The predicted molar refractivity (Wildman–Crippen MR) is 101 cm³/mol. The highest BCUT2D eigenvalue weighted by Crippen LogP contribution is 2.09. The number of hydroxylamine groups is 1. The third kappa shape index (κ3) is 16.8. The van der Waals surface area contributed by atoms with Crippen molar-refractivity contribution in [1.29, 1.82) is 0 Å². The summed E-state index contributed by atoms with van der Waals surface area (Å²) < 4.78 is 0.419. The second-order valence-electron chi connectivity index (χ2n) is 7.18. The van der Waals surface area contributed by atoms with E-state index >= 15 is 0 Å². The highest BCUT2D eigenvalue weighted by molar-refractivity contribution is 5.90. The molecule has 0 spiro atoms. The number of nitrogens with zero attached hydrogens (tertiary/aromatic N) is 1. The first-order valence-electron chi connectivity index (χ1n) is 8.92. The molecule has 0 aliphatic heterocycles. The molecular formula is C19H31N3O5. The van der Waals surface area contributed by atoms with Gasteiger partial charge in [-0.1, -0.05) is 31.0 Å². The number of aliphatic carboxylic acids is 1. The summed E-state index contributed by atoms with van der Waals surface area (Å²) in [6.07, 6.45) is 4.13. The fourth-order valence-electron chi connectivity index (χ4n) is 2.11. The van der Waals surface area contributed by atoms with E-state index < -0.39 is 5.97 Å². The molecule has 0 atom stereocenters. The highest BCUT2D eigenvalue weighted by atomic mass is 16.5. The Bertz CT molecular complexity index is 570. The zero-order chi connectivity index (χ0) is 20.7. The van der Waals surface area contributed by atoms with Gasteiger partial charge in [0.25, 0.3) is 0 Å². The van der Waals surface area contributed by atoms with Gasteiger partial charge >= 0.3 is 0 Å². The monoisotopic (exact) mass is 381 g/mol. The van der Waals surface area contributed by atoms with Crippen LogP contribution in [-0.2, 0) is 14.4 Å². The number of hydrogen-bond acceptors (Lipinski definition) is 5. The third-order valence-electron chi connectivity index (χ3n) is 3.34. The Hall–Kier alpha value is -2.45. The van der Waals surface area contributed by atoms with E-state index in [4.69, 9.17) is 5.21 Å². The summed E-state index contributed by atoms with van der Waals surface area (Å²) in [4.78, 5) is 32.2. The molecule has 8 nitrogen and oxygen atoms in total. The summed E-state index contributed by atoms with van der Waals surface area (Å²) >= 11 is 0. The number of nitrogens with one attached hydrogen (secondary N) is 2. The van der Waals surface area contributed by atoms with E-state index in [1.165, 1.54) is 0 Å². The van der Waals surface area contributed by atoms with E-state index in [1.54, 1.807) is 26.6 Å². The Balaban J connectivity index is 0.000000713. The maximum absolute atomic E-state index is 11.6. The number of hydrogen-bond donors (Lipinski definition) is 3. The summed E-state index contributed by atoms with van der Waals surface area (Å²) in [6, 6.07) is 9.36. The number of carboxylic acid groups (broad SMARTS) is 1. The summed E-state index contributed by atoms with van der Waals surface area (Å²) in [6.45, 7) is 0.0694. The summed E-state index contributed by atoms with van der Waals surface area (Å²) in [5.74, 6) is -1.35. The van der Waals surface area contributed by atoms with Gasteiger partial charge in [-0.15, -0.1) is 0 Å². The quantitative estimate of drug-likeness (QED) is 0.241. The fourth-order valence-corrected chi connectivity index (χ4v) is 2.11. The lowest BCUT2D eigenvalue weighted by Gasteiger charge is -2.23. The van der Waals surface area contributed by atoms with Gasteiger partial charge in [0.15, 0.2) is 0 Å². The molecular weight excluding hydrogens is 350 g/mol. The molecule has 0 heterocycles. The van der Waals surface area contributed by atoms with Crippen LogP contribution in [-0.4, -0.2) is 55.2 Å². The number of quaternary nitrogens is 1. The Morgan fingerprint density at radius 2 is 1.44 bits per heavy atom. The number of para-hydroxylation sites is 1. The van der Waals surface area contributed by atoms with E-state index in [-0.39, 0.29) is 18.4 Å². The smallest absolute Gasteiger partial charge is 0.243 e. The maximum atomic E-state index is 11.6. The van der Waals surface area contributed by atoms with Gasteiger partial charge in [0, 0.05) is 18.5 Å². The molecule has 152 valence electrons. The lowest BCUT2D eigenvalue weighted by atomic mass is 10.1. The van der Waals surface area contributed by atoms with Crippen LogP contribution in [0.5, 0.6) is 0 Å². The van der Waals surface area contributed by atoms with Crippen molar-refractivity contribution in [1.82, 2.24) is 5.48 Å². The standard InChI is InChI=1S/C14H20N2O3.C5H11NO2/c17-13(15-12-8-4-3-5-9-12)10-6-1-2-7-11-14(18)16-19;1-6(2,3)4-5(7)8/h3-5,8-9,19H,1-2,6-7,10-11H2,(H,15,17)(H,16,18);4H2,1-3H3. The van der Waals surface area contributed by atoms with E-state index in [1.807, 2.05) is 30.3 Å². The number of carbonyl (C=O) groups excluding carboxylic acids is 3. The number of likely N-dealkylation sites (N-methyl/N-ethyl adjacent to an activating group) is 1. The normalized spacial score (nSPS) is 10.4. The van der Waals surface area contributed by atoms with E-state index in [0.717, 1.165) is 31.4 Å². The molecule has 27 heavy (non-hydrogen) atoms. The average Bonchev–Trinajstić information content (AvgIpc) is 2.57. The van der Waals surface area contributed by atoms with Gasteiger partial charge in [-0.25, -0.2) is 5.48 Å². The Labute approximate surface area is 160 Å². The maximum Gasteiger partial charge on any atom is 0.243 e. The largest absolute Gasteiger partial charge is 0.544 e. The zero-order valence-electron chi connectivity index (χ0n) is 16.4. The van der Waals surface area contributed by atoms with Crippen molar-refractivity contribution in [3.63, 3.8) is 0 Å². The van der Waals surface area contributed by atoms with Gasteiger partial charge in [0.05, 0.1) is 27.1 Å². The summed E-state index contributed by atoms with van der Waals surface area (Å²) in [5.41, 5.74) is 2.41. The Kier molecular flexibility index (Phi) is 12.5. The van der Waals surface area contributed by atoms with Crippen LogP contribution < -0.4 is 15.9 Å². The van der Waals surface area contributed by atoms with Crippen LogP contribution >= 0.6 is 0 Å². The molecule has 0 aromatic heterocycles. The second-order valence-corrected chi connectivity index (χ2v) is 7.18. The van der Waals surface area contributed by atoms with E-state index in [2.05, 4.69) is 5.32 Å². The zero-order valence-corrected chi connectivity index (χ0v) is 16.4. The van der Waals surface area contributed by atoms with Gasteiger partial charge < -0.3 is 19.7 Å². The van der Waals surface area contributed by atoms with Crippen molar-refractivity contribution >= 4 is 23.5 Å². The number of amides is 2. The van der Waals surface area contributed by atoms with Gasteiger partial charge in [0.1, 0.15) is 6.54 Å². The average molecular weight is 381 g/mol. The highest BCUT2D eigenvalue weighted by Gasteiger charge is 2.05. The Morgan fingerprint density at radius 1 is 0.926 bits per heavy atom. The first-order valence-corrected chi connectivity index (χ1v) is 8.92. The molecule has 0 unspecified atom stereocenters. The van der Waals surface area contributed by atoms with E-state index in [0.29, 0.717) is 17.3 Å². The Morgan fingerprint density at radius 3 is 1.85 bits per heavy atom. The van der Waals surface area contributed by atoms with Crippen LogP contribution in [0.4, 0.5) is 5.69 Å². The van der Waals surface area contributed by atoms with Gasteiger partial charge in [-0.05, 0) is 25.0 Å². The predicted octanol–water partition coefficient (Wildman–Crippen LogP) is 0.914. The number of benzene rings is 1. The molecule has 1 aromatic carbocycles. The molecule has 0 bridgehead atoms. The molecule has 2 amide bonds. The molecule has 0 aliphatic rings. The first-order chi connectivity index (χ1) is 12.6. The number of carboxylic acids is 1. The van der Waals surface area contributed by atoms with Crippen LogP contribution in [0.15, 0.2) is 30.3 Å². The lowest BCUT2D eigenvalue weighted by Crippen LogP contribution is -2.45. The van der Waals surface area contributed by atoms with Gasteiger partial charge in [0.2, 0.25) is 11.8 Å². The van der Waals surface area contributed by atoms with Gasteiger partial charge in [-0.2, -0.15) is 0 Å². The molecule has 3 N–H and O–H groups in total. The number of rotatable bonds is 10. The van der Waals surface area contributed by atoms with Crippen molar-refractivity contribution < 1.29 is 29.2 Å². The topological polar surface area (TPSA) is 119 Å². The van der Waals surface area contributed by atoms with Crippen LogP contribution in [0.25, 0.3) is 0 Å². The number of anilines is 1.